The van der Waals surface area contributed by atoms with Crippen molar-refractivity contribution < 1.29 is 18.7 Å². The molecule has 1 fully saturated rings. The number of nitrogens with zero attached hydrogens (tertiary/aromatic N) is 2. The van der Waals surface area contributed by atoms with Gasteiger partial charge in [0.05, 0.1) is 11.4 Å². The molecule has 1 aliphatic heterocycles. The molecule has 2 aromatic carbocycles. The normalized spacial score (nSPS) is 15.4. The lowest BCUT2D eigenvalue weighted by Crippen LogP contribution is -2.27. The van der Waals surface area contributed by atoms with Crippen LogP contribution in [0.1, 0.15) is 11.1 Å². The fourth-order valence-corrected chi connectivity index (χ4v) is 3.22. The molecule has 5 nitrogen and oxygen atoms in total. The Morgan fingerprint density at radius 2 is 1.88 bits per heavy atom. The molecule has 0 bridgehead atoms. The summed E-state index contributed by atoms with van der Waals surface area (Å²) in [4.78, 5) is 26.1. The first-order valence-electron chi connectivity index (χ1n) is 7.67. The summed E-state index contributed by atoms with van der Waals surface area (Å²) in [7, 11) is 0. The van der Waals surface area contributed by atoms with Gasteiger partial charge in [0, 0.05) is 5.56 Å². The molecule has 1 saturated heterocycles. The lowest BCUT2D eigenvalue weighted by Gasteiger charge is -2.12. The van der Waals surface area contributed by atoms with Gasteiger partial charge in [-0.05, 0) is 41.6 Å². The molecule has 1 aliphatic rings. The summed E-state index contributed by atoms with van der Waals surface area (Å²) in [5, 5.41) is 8.26. The third kappa shape index (κ3) is 3.92. The van der Waals surface area contributed by atoms with Crippen molar-refractivity contribution in [2.24, 2.45) is 0 Å². The number of carbonyl (C=O) groups is 2. The van der Waals surface area contributed by atoms with Crippen LogP contribution in [-0.4, -0.2) is 22.7 Å². The smallest absolute Gasteiger partial charge is 0.293 e. The second kappa shape index (κ2) is 7.85. The zero-order chi connectivity index (χ0) is 18.5. The predicted octanol–water partition coefficient (Wildman–Crippen LogP) is 3.96. The Bertz CT molecular complexity index is 919. The number of carbonyl (C=O) groups excluding carboxylic acids is 2. The molecular formula is C19H13FN2O3S. The number of hydrogen-bond donors (Lipinski definition) is 0. The Balaban J connectivity index is 1.81. The van der Waals surface area contributed by atoms with Gasteiger partial charge in [0.1, 0.15) is 17.6 Å². The molecule has 26 heavy (non-hydrogen) atoms. The molecule has 0 aliphatic carbocycles. The van der Waals surface area contributed by atoms with Crippen LogP contribution >= 0.6 is 11.8 Å². The van der Waals surface area contributed by atoms with Crippen LogP contribution in [0.2, 0.25) is 0 Å². The largest absolute Gasteiger partial charge is 0.478 e. The number of hydrogen-bond acceptors (Lipinski definition) is 5. The summed E-state index contributed by atoms with van der Waals surface area (Å²) in [5.74, 6) is -0.337. The molecule has 0 radical (unpaired) electrons. The van der Waals surface area contributed by atoms with Crippen molar-refractivity contribution in [3.63, 3.8) is 0 Å². The molecule has 7 heteroatoms. The Morgan fingerprint density at radius 1 is 1.15 bits per heavy atom. The molecule has 0 unspecified atom stereocenters. The number of halogens is 1. The summed E-state index contributed by atoms with van der Waals surface area (Å²) in [6.07, 6.45) is 1.57. The molecule has 0 saturated carbocycles. The molecule has 1 heterocycles. The first-order chi connectivity index (χ1) is 12.6. The van der Waals surface area contributed by atoms with Gasteiger partial charge in [0.15, 0.2) is 6.61 Å². The highest BCUT2D eigenvalue weighted by Crippen LogP contribution is 2.34. The van der Waals surface area contributed by atoms with E-state index >= 15 is 0 Å². The van der Waals surface area contributed by atoms with E-state index in [-0.39, 0.29) is 29.1 Å². The quantitative estimate of drug-likeness (QED) is 0.747. The number of nitriles is 1. The van der Waals surface area contributed by atoms with Crippen LogP contribution in [0.5, 0.6) is 5.75 Å². The summed E-state index contributed by atoms with van der Waals surface area (Å²) in [6, 6.07) is 14.5. The fourth-order valence-electron chi connectivity index (χ4n) is 2.39. The Morgan fingerprint density at radius 3 is 2.62 bits per heavy atom. The first-order valence-corrected chi connectivity index (χ1v) is 8.48. The van der Waals surface area contributed by atoms with E-state index in [0.29, 0.717) is 16.9 Å². The Labute approximate surface area is 153 Å². The minimum absolute atomic E-state index is 0.0782. The Hall–Kier alpha value is -3.11. The molecule has 0 N–H and O–H groups in total. The summed E-state index contributed by atoms with van der Waals surface area (Å²) in [5.41, 5.74) is 1.27. The topological polar surface area (TPSA) is 70.4 Å². The molecule has 3 rings (SSSR count). The van der Waals surface area contributed by atoms with Gasteiger partial charge >= 0.3 is 0 Å². The monoisotopic (exact) mass is 368 g/mol. The van der Waals surface area contributed by atoms with Crippen LogP contribution in [0.4, 0.5) is 9.18 Å². The third-order valence-electron chi connectivity index (χ3n) is 3.63. The van der Waals surface area contributed by atoms with Crippen molar-refractivity contribution in [2.45, 2.75) is 6.54 Å². The zero-order valence-electron chi connectivity index (χ0n) is 13.5. The average molecular weight is 368 g/mol. The Kier molecular flexibility index (Phi) is 5.34. The molecule has 0 spiro atoms. The molecule has 0 aromatic heterocycles. The van der Waals surface area contributed by atoms with Crippen LogP contribution < -0.4 is 4.74 Å². The molecule has 2 amide bonds. The minimum atomic E-state index is -0.417. The highest BCUT2D eigenvalue weighted by Gasteiger charge is 2.35. The number of thioether (sulfide) groups is 1. The molecule has 130 valence electrons. The van der Waals surface area contributed by atoms with E-state index in [9.17, 15) is 14.0 Å². The summed E-state index contributed by atoms with van der Waals surface area (Å²) < 4.78 is 18.3. The van der Waals surface area contributed by atoms with Gasteiger partial charge in [-0.2, -0.15) is 5.26 Å². The van der Waals surface area contributed by atoms with Crippen LogP contribution in [0.3, 0.4) is 0 Å². The fraction of sp³-hybridized carbons (Fsp3) is 0.105. The number of rotatable bonds is 5. The highest BCUT2D eigenvalue weighted by molar-refractivity contribution is 8.18. The van der Waals surface area contributed by atoms with Crippen LogP contribution in [0.25, 0.3) is 6.08 Å². The van der Waals surface area contributed by atoms with Crippen molar-refractivity contribution >= 4 is 29.0 Å². The number of para-hydroxylation sites is 1. The van der Waals surface area contributed by atoms with Gasteiger partial charge in [-0.1, -0.05) is 30.3 Å². The van der Waals surface area contributed by atoms with E-state index in [1.807, 2.05) is 6.07 Å². The van der Waals surface area contributed by atoms with Gasteiger partial charge in [-0.3, -0.25) is 14.5 Å². The van der Waals surface area contributed by atoms with Gasteiger partial charge in [0.2, 0.25) is 0 Å². The predicted molar refractivity (Wildman–Crippen MR) is 95.5 cm³/mol. The highest BCUT2D eigenvalue weighted by atomic mass is 32.2. The summed E-state index contributed by atoms with van der Waals surface area (Å²) >= 11 is 0.835. The van der Waals surface area contributed by atoms with Crippen LogP contribution in [-0.2, 0) is 11.3 Å². The zero-order valence-corrected chi connectivity index (χ0v) is 14.3. The maximum Gasteiger partial charge on any atom is 0.293 e. The SMILES string of the molecule is N#CCOc1ccccc1/C=C1\SC(=O)N(Cc2ccc(F)cc2)C1=O. The maximum absolute atomic E-state index is 13.0. The van der Waals surface area contributed by atoms with Gasteiger partial charge < -0.3 is 4.74 Å². The average Bonchev–Trinajstić information content (AvgIpc) is 2.90. The minimum Gasteiger partial charge on any atom is -0.478 e. The van der Waals surface area contributed by atoms with E-state index in [1.165, 1.54) is 24.3 Å². The van der Waals surface area contributed by atoms with Gasteiger partial charge in [-0.15, -0.1) is 0 Å². The summed E-state index contributed by atoms with van der Waals surface area (Å²) in [6.45, 7) is -0.0359. The molecular weight excluding hydrogens is 355 g/mol. The van der Waals surface area contributed by atoms with E-state index in [2.05, 4.69) is 0 Å². The van der Waals surface area contributed by atoms with Crippen LogP contribution in [0, 0.1) is 17.1 Å². The lowest BCUT2D eigenvalue weighted by molar-refractivity contribution is -0.123. The van der Waals surface area contributed by atoms with Crippen molar-refractivity contribution in [1.82, 2.24) is 4.90 Å². The third-order valence-corrected chi connectivity index (χ3v) is 4.53. The lowest BCUT2D eigenvalue weighted by atomic mass is 10.1. The van der Waals surface area contributed by atoms with Crippen molar-refractivity contribution in [3.05, 3.63) is 70.4 Å². The van der Waals surface area contributed by atoms with E-state index in [4.69, 9.17) is 10.00 Å². The van der Waals surface area contributed by atoms with Crippen molar-refractivity contribution in [2.75, 3.05) is 6.61 Å². The van der Waals surface area contributed by atoms with Gasteiger partial charge in [-0.25, -0.2) is 4.39 Å². The van der Waals surface area contributed by atoms with Crippen LogP contribution in [0.15, 0.2) is 53.4 Å². The number of amides is 2. The first kappa shape index (κ1) is 17.7. The second-order valence-corrected chi connectivity index (χ2v) is 6.37. The maximum atomic E-state index is 13.0. The van der Waals surface area contributed by atoms with E-state index in [0.717, 1.165) is 16.7 Å². The second-order valence-electron chi connectivity index (χ2n) is 5.38. The van der Waals surface area contributed by atoms with E-state index in [1.54, 1.807) is 30.3 Å². The van der Waals surface area contributed by atoms with E-state index < -0.39 is 5.91 Å². The van der Waals surface area contributed by atoms with Gasteiger partial charge in [0.25, 0.3) is 11.1 Å². The number of imide groups is 1. The standard InChI is InChI=1S/C19H13FN2O3S/c20-15-7-5-13(6-8-15)12-22-18(23)17(26-19(22)24)11-14-3-1-2-4-16(14)25-10-9-21/h1-8,11H,10,12H2/b17-11-. The molecule has 0 atom stereocenters. The van der Waals surface area contributed by atoms with Crippen molar-refractivity contribution in [1.29, 1.82) is 5.26 Å². The molecule has 2 aromatic rings. The number of ether oxygens (including phenoxy) is 1. The number of benzene rings is 2. The van der Waals surface area contributed by atoms with Crippen molar-refractivity contribution in [3.8, 4) is 11.8 Å².